The van der Waals surface area contributed by atoms with Crippen LogP contribution in [0.4, 0.5) is 4.79 Å². The lowest BCUT2D eigenvalue weighted by molar-refractivity contribution is -0.142. The molecule has 2 aliphatic carbocycles. The number of ether oxygens (including phenoxy) is 1. The molecule has 180 valence electrons. The molecule has 2 aromatic rings. The molecule has 2 atom stereocenters. The lowest BCUT2D eigenvalue weighted by Gasteiger charge is -2.31. The Hall–Kier alpha value is -3.35. The molecule has 0 saturated heterocycles. The quantitative estimate of drug-likeness (QED) is 0.482. The maximum Gasteiger partial charge on any atom is 0.407 e. The topological polar surface area (TPSA) is 105 Å². The zero-order valence-corrected chi connectivity index (χ0v) is 19.7. The van der Waals surface area contributed by atoms with Crippen LogP contribution in [-0.2, 0) is 14.3 Å². The van der Waals surface area contributed by atoms with Gasteiger partial charge in [-0.3, -0.25) is 4.79 Å². The molecule has 0 bridgehead atoms. The van der Waals surface area contributed by atoms with E-state index < -0.39 is 23.6 Å². The Labute approximate surface area is 199 Å². The van der Waals surface area contributed by atoms with Gasteiger partial charge in [0.1, 0.15) is 12.6 Å². The monoisotopic (exact) mass is 464 g/mol. The highest BCUT2D eigenvalue weighted by atomic mass is 16.5. The van der Waals surface area contributed by atoms with Gasteiger partial charge in [-0.25, -0.2) is 9.59 Å². The fourth-order valence-corrected chi connectivity index (χ4v) is 5.00. The molecule has 0 heterocycles. The van der Waals surface area contributed by atoms with Crippen LogP contribution in [0.25, 0.3) is 11.1 Å². The van der Waals surface area contributed by atoms with Crippen LogP contribution < -0.4 is 10.6 Å². The van der Waals surface area contributed by atoms with Gasteiger partial charge in [0, 0.05) is 12.3 Å². The minimum absolute atomic E-state index is 0.00928. The average molecular weight is 465 g/mol. The van der Waals surface area contributed by atoms with Gasteiger partial charge >= 0.3 is 12.1 Å². The number of fused-ring (bicyclic) bond motifs is 3. The zero-order valence-electron chi connectivity index (χ0n) is 19.7. The first kappa shape index (κ1) is 23.8. The van der Waals surface area contributed by atoms with Crippen molar-refractivity contribution in [2.75, 3.05) is 6.61 Å². The van der Waals surface area contributed by atoms with Crippen LogP contribution in [0.1, 0.15) is 63.0 Å². The number of amides is 2. The third-order valence-corrected chi connectivity index (χ3v) is 6.95. The maximum absolute atomic E-state index is 12.8. The van der Waals surface area contributed by atoms with E-state index in [4.69, 9.17) is 4.74 Å². The third-order valence-electron chi connectivity index (χ3n) is 6.95. The van der Waals surface area contributed by atoms with Gasteiger partial charge in [0.15, 0.2) is 0 Å². The summed E-state index contributed by atoms with van der Waals surface area (Å²) in [7, 11) is 0. The number of benzene rings is 2. The molecule has 2 aromatic carbocycles. The lowest BCUT2D eigenvalue weighted by atomic mass is 9.91. The maximum atomic E-state index is 12.8. The van der Waals surface area contributed by atoms with Crippen LogP contribution in [-0.4, -0.2) is 41.3 Å². The molecule has 1 fully saturated rings. The van der Waals surface area contributed by atoms with Crippen LogP contribution in [0.15, 0.2) is 48.5 Å². The molecule has 2 amide bonds. The van der Waals surface area contributed by atoms with E-state index >= 15 is 0 Å². The molecule has 7 heteroatoms. The predicted octanol–water partition coefficient (Wildman–Crippen LogP) is 4.45. The Kier molecular flexibility index (Phi) is 6.91. The van der Waals surface area contributed by atoms with Crippen molar-refractivity contribution in [2.45, 2.75) is 63.5 Å². The number of alkyl carbamates (subject to hydrolysis) is 1. The summed E-state index contributed by atoms with van der Waals surface area (Å²) in [6.07, 6.45) is 2.27. The highest BCUT2D eigenvalue weighted by molar-refractivity contribution is 5.85. The summed E-state index contributed by atoms with van der Waals surface area (Å²) >= 11 is 0. The van der Waals surface area contributed by atoms with Crippen LogP contribution in [0.5, 0.6) is 0 Å². The molecule has 3 N–H and O–H groups in total. The second-order valence-corrected chi connectivity index (χ2v) is 9.57. The van der Waals surface area contributed by atoms with E-state index in [0.29, 0.717) is 12.8 Å². The van der Waals surface area contributed by atoms with Crippen molar-refractivity contribution >= 4 is 18.0 Å². The number of hydrogen-bond acceptors (Lipinski definition) is 4. The number of hydrogen-bond donors (Lipinski definition) is 3. The van der Waals surface area contributed by atoms with Crippen molar-refractivity contribution in [3.63, 3.8) is 0 Å². The van der Waals surface area contributed by atoms with Crippen molar-refractivity contribution in [1.82, 2.24) is 10.6 Å². The number of carbonyl (C=O) groups excluding carboxylic acids is 2. The Morgan fingerprint density at radius 3 is 2.18 bits per heavy atom. The zero-order chi connectivity index (χ0) is 24.3. The standard InChI is InChI=1S/C27H32N2O5/c1-3-8-23(25(31)32)28-24(30)15-27(2,17-13-14-17)29-26(33)34-16-22-20-11-6-4-9-18(20)19-10-5-7-12-21(19)22/h4-7,9-12,17,22-23H,3,8,13-16H2,1-2H3,(H,28,30)(H,29,33)(H,31,32). The number of carboxylic acids is 1. The van der Waals surface area contributed by atoms with Gasteiger partial charge in [-0.05, 0) is 54.4 Å². The van der Waals surface area contributed by atoms with Crippen LogP contribution in [0.3, 0.4) is 0 Å². The van der Waals surface area contributed by atoms with E-state index in [-0.39, 0.29) is 30.8 Å². The minimum atomic E-state index is -1.05. The molecule has 2 unspecified atom stereocenters. The van der Waals surface area contributed by atoms with E-state index in [9.17, 15) is 19.5 Å². The summed E-state index contributed by atoms with van der Waals surface area (Å²) in [6.45, 7) is 3.90. The highest BCUT2D eigenvalue weighted by Gasteiger charge is 2.45. The van der Waals surface area contributed by atoms with E-state index in [0.717, 1.165) is 35.1 Å². The van der Waals surface area contributed by atoms with Gasteiger partial charge in [0.25, 0.3) is 0 Å². The molecule has 34 heavy (non-hydrogen) atoms. The molecule has 4 rings (SSSR count). The molecule has 2 aliphatic rings. The summed E-state index contributed by atoms with van der Waals surface area (Å²) in [6, 6.07) is 15.4. The first-order chi connectivity index (χ1) is 16.3. The predicted molar refractivity (Wildman–Crippen MR) is 128 cm³/mol. The molecular weight excluding hydrogens is 432 g/mol. The fourth-order valence-electron chi connectivity index (χ4n) is 5.00. The van der Waals surface area contributed by atoms with E-state index in [1.165, 1.54) is 0 Å². The molecule has 0 aromatic heterocycles. The fraction of sp³-hybridized carbons (Fsp3) is 0.444. The van der Waals surface area contributed by atoms with Crippen molar-refractivity contribution < 1.29 is 24.2 Å². The van der Waals surface area contributed by atoms with Crippen LogP contribution in [0.2, 0.25) is 0 Å². The number of carboxylic acid groups (broad SMARTS) is 1. The SMILES string of the molecule is CCCC(NC(=O)CC(C)(NC(=O)OCC1c2ccccc2-c2ccccc21)C1CC1)C(=O)O. The summed E-state index contributed by atoms with van der Waals surface area (Å²) in [5.41, 5.74) is 3.80. The Morgan fingerprint density at radius 2 is 1.65 bits per heavy atom. The number of carbonyl (C=O) groups is 3. The van der Waals surface area contributed by atoms with Gasteiger partial charge in [-0.1, -0.05) is 61.9 Å². The third kappa shape index (κ3) is 5.08. The average Bonchev–Trinajstić information content (AvgIpc) is 3.61. The van der Waals surface area contributed by atoms with Crippen molar-refractivity contribution in [2.24, 2.45) is 5.92 Å². The van der Waals surface area contributed by atoms with Crippen LogP contribution >= 0.6 is 0 Å². The van der Waals surface area contributed by atoms with E-state index in [1.54, 1.807) is 0 Å². The first-order valence-electron chi connectivity index (χ1n) is 12.0. The molecule has 0 aliphatic heterocycles. The largest absolute Gasteiger partial charge is 0.480 e. The molecular formula is C27H32N2O5. The second kappa shape index (κ2) is 9.87. The molecule has 1 saturated carbocycles. The number of nitrogens with one attached hydrogen (secondary N) is 2. The molecule has 7 nitrogen and oxygen atoms in total. The van der Waals surface area contributed by atoms with Gasteiger partial charge in [0.2, 0.25) is 5.91 Å². The second-order valence-electron chi connectivity index (χ2n) is 9.57. The first-order valence-corrected chi connectivity index (χ1v) is 12.0. The van der Waals surface area contributed by atoms with Gasteiger partial charge < -0.3 is 20.5 Å². The molecule has 0 spiro atoms. The normalized spacial score (nSPS) is 17.1. The van der Waals surface area contributed by atoms with Crippen molar-refractivity contribution in [3.8, 4) is 11.1 Å². The van der Waals surface area contributed by atoms with Gasteiger partial charge in [-0.15, -0.1) is 0 Å². The van der Waals surface area contributed by atoms with E-state index in [2.05, 4.69) is 34.9 Å². The van der Waals surface area contributed by atoms with Crippen molar-refractivity contribution in [3.05, 3.63) is 59.7 Å². The van der Waals surface area contributed by atoms with Gasteiger partial charge in [0.05, 0.1) is 5.54 Å². The van der Waals surface area contributed by atoms with Gasteiger partial charge in [-0.2, -0.15) is 0 Å². The highest BCUT2D eigenvalue weighted by Crippen LogP contribution is 2.45. The Bertz CT molecular complexity index is 1030. The summed E-state index contributed by atoms with van der Waals surface area (Å²) in [5, 5.41) is 14.8. The smallest absolute Gasteiger partial charge is 0.407 e. The summed E-state index contributed by atoms with van der Waals surface area (Å²) < 4.78 is 5.68. The Morgan fingerprint density at radius 1 is 1.06 bits per heavy atom. The minimum Gasteiger partial charge on any atom is -0.480 e. The summed E-state index contributed by atoms with van der Waals surface area (Å²) in [4.78, 5) is 36.9. The number of rotatable bonds is 10. The van der Waals surface area contributed by atoms with Crippen molar-refractivity contribution in [1.29, 1.82) is 0 Å². The molecule has 0 radical (unpaired) electrons. The summed E-state index contributed by atoms with van der Waals surface area (Å²) in [5.74, 6) is -1.31. The van der Waals surface area contributed by atoms with Crippen LogP contribution in [0, 0.1) is 5.92 Å². The van der Waals surface area contributed by atoms with E-state index in [1.807, 2.05) is 38.1 Å². The lowest BCUT2D eigenvalue weighted by Crippen LogP contribution is -2.52. The number of aliphatic carboxylic acids is 1. The Balaban J connectivity index is 1.39.